The Kier molecular flexibility index (Phi) is 5.04. The van der Waals surface area contributed by atoms with E-state index in [-0.39, 0.29) is 16.1 Å². The molecule has 0 amide bonds. The van der Waals surface area contributed by atoms with Crippen molar-refractivity contribution in [3.8, 4) is 0 Å². The van der Waals surface area contributed by atoms with Gasteiger partial charge >= 0.3 is 0 Å². The molecule has 2 unspecified atom stereocenters. The van der Waals surface area contributed by atoms with Crippen LogP contribution >= 0.6 is 46.4 Å². The van der Waals surface area contributed by atoms with Crippen molar-refractivity contribution in [2.45, 2.75) is 31.4 Å². The normalized spacial score (nSPS) is 21.9. The first kappa shape index (κ1) is 14.7. The molecule has 0 radical (unpaired) electrons. The van der Waals surface area contributed by atoms with Crippen LogP contribution in [-0.2, 0) is 0 Å². The van der Waals surface area contributed by atoms with Crippen LogP contribution in [0.1, 0.15) is 30.9 Å². The van der Waals surface area contributed by atoms with Crippen molar-refractivity contribution in [1.29, 1.82) is 0 Å². The van der Waals surface area contributed by atoms with Crippen LogP contribution in [0.2, 0.25) is 20.1 Å². The summed E-state index contributed by atoms with van der Waals surface area (Å²) in [4.78, 5) is 0. The molecule has 2 rings (SSSR count). The Morgan fingerprint density at radius 3 is 2.44 bits per heavy atom. The zero-order valence-corrected chi connectivity index (χ0v) is 12.5. The predicted molar refractivity (Wildman–Crippen MR) is 77.1 cm³/mol. The summed E-state index contributed by atoms with van der Waals surface area (Å²) in [5.74, 6) is 0. The van der Waals surface area contributed by atoms with Gasteiger partial charge in [-0.05, 0) is 25.5 Å². The highest BCUT2D eigenvalue weighted by atomic mass is 35.5. The molecule has 1 heterocycles. The van der Waals surface area contributed by atoms with E-state index in [1.165, 1.54) is 6.07 Å². The maximum Gasteiger partial charge on any atom is 0.0972 e. The third kappa shape index (κ3) is 2.90. The van der Waals surface area contributed by atoms with Crippen molar-refractivity contribution < 1.29 is 5.11 Å². The van der Waals surface area contributed by atoms with Crippen molar-refractivity contribution in [2.24, 2.45) is 0 Å². The minimum atomic E-state index is -0.778. The fourth-order valence-electron chi connectivity index (χ4n) is 2.20. The van der Waals surface area contributed by atoms with Crippen LogP contribution in [-0.4, -0.2) is 17.7 Å². The Balaban J connectivity index is 2.34. The van der Waals surface area contributed by atoms with Gasteiger partial charge < -0.3 is 10.4 Å². The smallest absolute Gasteiger partial charge is 0.0972 e. The first-order chi connectivity index (χ1) is 8.52. The second kappa shape index (κ2) is 6.17. The average Bonchev–Trinajstić information content (AvgIpc) is 2.37. The van der Waals surface area contributed by atoms with Gasteiger partial charge in [-0.2, -0.15) is 0 Å². The molecule has 0 bridgehead atoms. The lowest BCUT2D eigenvalue weighted by Gasteiger charge is -2.29. The number of hydrogen-bond acceptors (Lipinski definition) is 2. The number of rotatable bonds is 2. The topological polar surface area (TPSA) is 32.3 Å². The summed E-state index contributed by atoms with van der Waals surface area (Å²) in [5, 5.41) is 14.7. The fraction of sp³-hybridized carbons (Fsp3) is 0.500. The summed E-state index contributed by atoms with van der Waals surface area (Å²) >= 11 is 24.1. The molecule has 1 aliphatic heterocycles. The molecule has 2 nitrogen and oxygen atoms in total. The molecule has 1 aliphatic rings. The number of hydrogen-bond donors (Lipinski definition) is 2. The zero-order chi connectivity index (χ0) is 13.3. The van der Waals surface area contributed by atoms with E-state index in [2.05, 4.69) is 5.32 Å². The first-order valence-corrected chi connectivity index (χ1v) is 7.28. The van der Waals surface area contributed by atoms with Crippen molar-refractivity contribution in [3.05, 3.63) is 31.7 Å². The summed E-state index contributed by atoms with van der Waals surface area (Å²) in [6.07, 6.45) is 2.30. The van der Waals surface area contributed by atoms with Gasteiger partial charge in [0, 0.05) is 16.6 Å². The minimum absolute atomic E-state index is 0.0500. The molecule has 2 atom stereocenters. The van der Waals surface area contributed by atoms with Crippen LogP contribution in [0, 0.1) is 0 Å². The molecule has 1 saturated heterocycles. The van der Waals surface area contributed by atoms with Gasteiger partial charge in [-0.25, -0.2) is 0 Å². The van der Waals surface area contributed by atoms with Crippen LogP contribution in [0.3, 0.4) is 0 Å². The van der Waals surface area contributed by atoms with Crippen molar-refractivity contribution >= 4 is 46.4 Å². The Labute approximate surface area is 126 Å². The molecule has 0 saturated carbocycles. The molecule has 1 aromatic carbocycles. The third-order valence-electron chi connectivity index (χ3n) is 3.17. The van der Waals surface area contributed by atoms with E-state index < -0.39 is 6.10 Å². The largest absolute Gasteiger partial charge is 0.387 e. The van der Waals surface area contributed by atoms with E-state index in [0.29, 0.717) is 15.6 Å². The van der Waals surface area contributed by atoms with Crippen molar-refractivity contribution in [2.75, 3.05) is 6.54 Å². The van der Waals surface area contributed by atoms with E-state index in [9.17, 15) is 5.11 Å². The standard InChI is InChI=1S/C12H13Cl4NO/c13-6-5-7(14)10(15)11(16)9(6)12(18)8-3-1-2-4-17-8/h5,8,12,17-18H,1-4H2. The molecular formula is C12H13Cl4NO. The van der Waals surface area contributed by atoms with E-state index in [4.69, 9.17) is 46.4 Å². The number of aliphatic hydroxyl groups excluding tert-OH is 1. The molecule has 0 aliphatic carbocycles. The highest BCUT2D eigenvalue weighted by molar-refractivity contribution is 6.49. The van der Waals surface area contributed by atoms with E-state index >= 15 is 0 Å². The van der Waals surface area contributed by atoms with Crippen LogP contribution < -0.4 is 5.32 Å². The predicted octanol–water partition coefficient (Wildman–Crippen LogP) is 4.48. The number of nitrogens with one attached hydrogen (secondary N) is 1. The highest BCUT2D eigenvalue weighted by Crippen LogP contribution is 2.41. The van der Waals surface area contributed by atoms with Crippen molar-refractivity contribution in [3.63, 3.8) is 0 Å². The van der Waals surface area contributed by atoms with Crippen LogP contribution in [0.25, 0.3) is 0 Å². The van der Waals surface area contributed by atoms with Gasteiger partial charge in [0.25, 0.3) is 0 Å². The van der Waals surface area contributed by atoms with E-state index in [1.54, 1.807) is 0 Å². The SMILES string of the molecule is OC(c1c(Cl)cc(Cl)c(Cl)c1Cl)C1CCCCN1. The molecule has 2 N–H and O–H groups in total. The summed E-state index contributed by atoms with van der Waals surface area (Å²) < 4.78 is 0. The second-order valence-electron chi connectivity index (χ2n) is 4.38. The highest BCUT2D eigenvalue weighted by Gasteiger charge is 2.28. The van der Waals surface area contributed by atoms with Crippen LogP contribution in [0.15, 0.2) is 6.07 Å². The first-order valence-electron chi connectivity index (χ1n) is 5.76. The van der Waals surface area contributed by atoms with Gasteiger partial charge in [-0.3, -0.25) is 0 Å². The summed E-state index contributed by atoms with van der Waals surface area (Å²) in [5.41, 5.74) is 0.451. The summed E-state index contributed by atoms with van der Waals surface area (Å²) in [7, 11) is 0. The van der Waals surface area contributed by atoms with Crippen LogP contribution in [0.4, 0.5) is 0 Å². The summed E-state index contributed by atoms with van der Waals surface area (Å²) in [6.45, 7) is 0.887. The Hall–Kier alpha value is 0.300. The Morgan fingerprint density at radius 1 is 1.11 bits per heavy atom. The van der Waals surface area contributed by atoms with Gasteiger partial charge in [-0.1, -0.05) is 52.8 Å². The van der Waals surface area contributed by atoms with Gasteiger partial charge in [0.15, 0.2) is 0 Å². The quantitative estimate of drug-likeness (QED) is 0.620. The average molecular weight is 329 g/mol. The zero-order valence-electron chi connectivity index (χ0n) is 9.52. The molecule has 0 spiro atoms. The maximum atomic E-state index is 10.4. The fourth-order valence-corrected chi connectivity index (χ4v) is 3.34. The summed E-state index contributed by atoms with van der Waals surface area (Å²) in [6, 6.07) is 1.46. The number of halogens is 4. The van der Waals surface area contributed by atoms with Crippen molar-refractivity contribution in [1.82, 2.24) is 5.32 Å². The van der Waals surface area contributed by atoms with Gasteiger partial charge in [-0.15, -0.1) is 0 Å². The van der Waals surface area contributed by atoms with Gasteiger partial charge in [0.2, 0.25) is 0 Å². The monoisotopic (exact) mass is 327 g/mol. The lowest BCUT2D eigenvalue weighted by Crippen LogP contribution is -2.39. The Morgan fingerprint density at radius 2 is 1.83 bits per heavy atom. The molecule has 1 aromatic rings. The van der Waals surface area contributed by atoms with Gasteiger partial charge in [0.1, 0.15) is 0 Å². The minimum Gasteiger partial charge on any atom is -0.387 e. The number of benzene rings is 1. The number of piperidine rings is 1. The van der Waals surface area contributed by atoms with E-state index in [1.807, 2.05) is 0 Å². The molecule has 6 heteroatoms. The number of aliphatic hydroxyl groups is 1. The van der Waals surface area contributed by atoms with E-state index in [0.717, 1.165) is 25.8 Å². The molecule has 1 fully saturated rings. The lowest BCUT2D eigenvalue weighted by atomic mass is 9.95. The molecular weight excluding hydrogens is 316 g/mol. The molecule has 0 aromatic heterocycles. The Bertz CT molecular complexity index is 446. The molecule has 100 valence electrons. The lowest BCUT2D eigenvalue weighted by molar-refractivity contribution is 0.114. The van der Waals surface area contributed by atoms with Gasteiger partial charge in [0.05, 0.1) is 21.2 Å². The third-order valence-corrected chi connectivity index (χ3v) is 4.76. The molecule has 18 heavy (non-hydrogen) atoms. The second-order valence-corrected chi connectivity index (χ2v) is 5.95. The maximum absolute atomic E-state index is 10.4. The van der Waals surface area contributed by atoms with Crippen LogP contribution in [0.5, 0.6) is 0 Å².